The average Bonchev–Trinajstić information content (AvgIpc) is 2.29. The fraction of sp³-hybridized carbons (Fsp3) is 0.533. The summed E-state index contributed by atoms with van der Waals surface area (Å²) in [6, 6.07) is 9.07. The highest BCUT2D eigenvalue weighted by atomic mass is 16.4. The van der Waals surface area contributed by atoms with Crippen molar-refractivity contribution in [1.29, 1.82) is 0 Å². The second-order valence-electron chi connectivity index (χ2n) is 5.49. The molecule has 2 rings (SSSR count). The molecule has 3 nitrogen and oxygen atoms in total. The van der Waals surface area contributed by atoms with E-state index in [0.717, 1.165) is 12.8 Å². The first-order chi connectivity index (χ1) is 8.53. The molecule has 0 aliphatic heterocycles. The minimum Gasteiger partial charge on any atom is -0.481 e. The van der Waals surface area contributed by atoms with Gasteiger partial charge in [0.1, 0.15) is 5.92 Å². The Labute approximate surface area is 107 Å². The van der Waals surface area contributed by atoms with Gasteiger partial charge in [-0.2, -0.15) is 0 Å². The molecule has 0 spiro atoms. The zero-order valence-corrected chi connectivity index (χ0v) is 10.7. The van der Waals surface area contributed by atoms with Crippen molar-refractivity contribution in [1.82, 2.24) is 0 Å². The molecule has 0 radical (unpaired) electrons. The summed E-state index contributed by atoms with van der Waals surface area (Å²) < 4.78 is 0. The number of hydrogen-bond acceptors (Lipinski definition) is 2. The van der Waals surface area contributed by atoms with Crippen molar-refractivity contribution in [2.45, 2.75) is 44.1 Å². The van der Waals surface area contributed by atoms with Gasteiger partial charge in [0.05, 0.1) is 5.60 Å². The summed E-state index contributed by atoms with van der Waals surface area (Å²) in [5.74, 6) is -1.37. The van der Waals surface area contributed by atoms with Gasteiger partial charge in [0.15, 0.2) is 0 Å². The quantitative estimate of drug-likeness (QED) is 0.864. The third kappa shape index (κ3) is 2.56. The predicted octanol–water partition coefficient (Wildman–Crippen LogP) is 2.80. The lowest BCUT2D eigenvalue weighted by atomic mass is 9.69. The summed E-state index contributed by atoms with van der Waals surface area (Å²) in [6.07, 6.45) is 3.11. The van der Waals surface area contributed by atoms with Crippen LogP contribution in [0, 0.1) is 5.92 Å². The third-order valence-corrected chi connectivity index (χ3v) is 3.93. The maximum Gasteiger partial charge on any atom is 0.313 e. The van der Waals surface area contributed by atoms with Crippen molar-refractivity contribution in [3.05, 3.63) is 35.9 Å². The van der Waals surface area contributed by atoms with Gasteiger partial charge >= 0.3 is 5.97 Å². The van der Waals surface area contributed by atoms with Crippen molar-refractivity contribution in [2.24, 2.45) is 5.92 Å². The largest absolute Gasteiger partial charge is 0.481 e. The Hall–Kier alpha value is -1.35. The Morgan fingerprint density at radius 1 is 1.39 bits per heavy atom. The number of carboxylic acid groups (broad SMARTS) is 1. The smallest absolute Gasteiger partial charge is 0.313 e. The Morgan fingerprint density at radius 2 is 2.06 bits per heavy atom. The van der Waals surface area contributed by atoms with E-state index in [1.54, 1.807) is 12.1 Å². The van der Waals surface area contributed by atoms with Crippen LogP contribution in [0.2, 0.25) is 0 Å². The van der Waals surface area contributed by atoms with Crippen LogP contribution in [-0.4, -0.2) is 21.8 Å². The second-order valence-corrected chi connectivity index (χ2v) is 5.49. The fourth-order valence-electron chi connectivity index (χ4n) is 3.15. The van der Waals surface area contributed by atoms with Gasteiger partial charge in [-0.1, -0.05) is 50.1 Å². The van der Waals surface area contributed by atoms with Crippen LogP contribution < -0.4 is 0 Å². The Morgan fingerprint density at radius 3 is 2.61 bits per heavy atom. The van der Waals surface area contributed by atoms with Crippen molar-refractivity contribution < 1.29 is 15.0 Å². The minimum atomic E-state index is -1.11. The van der Waals surface area contributed by atoms with E-state index in [1.807, 2.05) is 18.2 Å². The van der Waals surface area contributed by atoms with E-state index in [4.69, 9.17) is 0 Å². The van der Waals surface area contributed by atoms with E-state index in [2.05, 4.69) is 6.92 Å². The summed E-state index contributed by atoms with van der Waals surface area (Å²) >= 11 is 0. The molecule has 0 saturated heterocycles. The molecule has 1 aliphatic rings. The van der Waals surface area contributed by atoms with Crippen LogP contribution in [0.5, 0.6) is 0 Å². The first-order valence-corrected chi connectivity index (χ1v) is 6.53. The first-order valence-electron chi connectivity index (χ1n) is 6.53. The summed E-state index contributed by atoms with van der Waals surface area (Å²) in [6.45, 7) is 2.08. The van der Waals surface area contributed by atoms with Gasteiger partial charge in [-0.05, 0) is 24.3 Å². The van der Waals surface area contributed by atoms with Gasteiger partial charge in [-0.25, -0.2) is 0 Å². The molecule has 0 amide bonds. The number of aliphatic hydroxyl groups is 1. The van der Waals surface area contributed by atoms with E-state index >= 15 is 0 Å². The lowest BCUT2D eigenvalue weighted by Crippen LogP contribution is -2.44. The van der Waals surface area contributed by atoms with Crippen LogP contribution in [0.4, 0.5) is 0 Å². The van der Waals surface area contributed by atoms with E-state index in [0.29, 0.717) is 24.3 Å². The molecule has 0 heterocycles. The average molecular weight is 248 g/mol. The van der Waals surface area contributed by atoms with E-state index in [-0.39, 0.29) is 0 Å². The van der Waals surface area contributed by atoms with Crippen LogP contribution in [-0.2, 0) is 4.79 Å². The molecule has 1 fully saturated rings. The van der Waals surface area contributed by atoms with Crippen LogP contribution in [0.15, 0.2) is 30.3 Å². The Kier molecular flexibility index (Phi) is 3.71. The standard InChI is InChI=1S/C15H20O3/c1-11-6-5-9-15(18,10-11)13(14(16)17)12-7-3-2-4-8-12/h2-4,7-8,11,13,18H,5-6,9-10H2,1H3,(H,16,17)/t11-,13-,15+/m0/s1. The van der Waals surface area contributed by atoms with E-state index in [1.165, 1.54) is 0 Å². The monoisotopic (exact) mass is 248 g/mol. The highest BCUT2D eigenvalue weighted by Gasteiger charge is 2.44. The number of carboxylic acids is 1. The maximum absolute atomic E-state index is 11.6. The van der Waals surface area contributed by atoms with Gasteiger partial charge < -0.3 is 10.2 Å². The molecule has 0 unspecified atom stereocenters. The summed E-state index contributed by atoms with van der Waals surface area (Å²) in [5.41, 5.74) is -0.410. The topological polar surface area (TPSA) is 57.5 Å². The van der Waals surface area contributed by atoms with Crippen molar-refractivity contribution in [2.75, 3.05) is 0 Å². The Bertz CT molecular complexity index is 415. The highest BCUT2D eigenvalue weighted by Crippen LogP contribution is 2.42. The van der Waals surface area contributed by atoms with Crippen molar-refractivity contribution in [3.8, 4) is 0 Å². The molecule has 2 N–H and O–H groups in total. The normalized spacial score (nSPS) is 29.8. The van der Waals surface area contributed by atoms with E-state index in [9.17, 15) is 15.0 Å². The number of benzene rings is 1. The predicted molar refractivity (Wildman–Crippen MR) is 69.4 cm³/mol. The first kappa shape index (κ1) is 13.1. The molecule has 0 bridgehead atoms. The lowest BCUT2D eigenvalue weighted by Gasteiger charge is -2.39. The second kappa shape index (κ2) is 5.11. The molecule has 98 valence electrons. The molecule has 18 heavy (non-hydrogen) atoms. The number of hydrogen-bond donors (Lipinski definition) is 2. The molecule has 1 aromatic carbocycles. The molecular weight excluding hydrogens is 228 g/mol. The SMILES string of the molecule is C[C@H]1CCC[C@](O)([C@H](C(=O)O)c2ccccc2)C1. The van der Waals surface area contributed by atoms with Gasteiger partial charge in [-0.15, -0.1) is 0 Å². The van der Waals surface area contributed by atoms with Crippen molar-refractivity contribution in [3.63, 3.8) is 0 Å². The summed E-state index contributed by atoms with van der Waals surface area (Å²) in [5, 5.41) is 20.2. The van der Waals surface area contributed by atoms with Gasteiger partial charge in [0, 0.05) is 0 Å². The molecule has 0 aromatic heterocycles. The zero-order chi connectivity index (χ0) is 13.2. The molecule has 1 aliphatic carbocycles. The fourth-order valence-corrected chi connectivity index (χ4v) is 3.15. The Balaban J connectivity index is 2.33. The van der Waals surface area contributed by atoms with Gasteiger partial charge in [0.25, 0.3) is 0 Å². The third-order valence-electron chi connectivity index (χ3n) is 3.93. The lowest BCUT2D eigenvalue weighted by molar-refractivity contribution is -0.148. The maximum atomic E-state index is 11.6. The highest BCUT2D eigenvalue weighted by molar-refractivity contribution is 5.77. The molecule has 3 heteroatoms. The van der Waals surface area contributed by atoms with Gasteiger partial charge in [0.2, 0.25) is 0 Å². The zero-order valence-electron chi connectivity index (χ0n) is 10.7. The van der Waals surface area contributed by atoms with Crippen LogP contribution >= 0.6 is 0 Å². The molecule has 3 atom stereocenters. The van der Waals surface area contributed by atoms with Crippen LogP contribution in [0.25, 0.3) is 0 Å². The van der Waals surface area contributed by atoms with E-state index < -0.39 is 17.5 Å². The molecule has 1 aromatic rings. The summed E-state index contributed by atoms with van der Waals surface area (Å²) in [7, 11) is 0. The number of rotatable bonds is 3. The minimum absolute atomic E-state index is 0.384. The van der Waals surface area contributed by atoms with Crippen LogP contribution in [0.1, 0.15) is 44.1 Å². The summed E-state index contributed by atoms with van der Waals surface area (Å²) in [4.78, 5) is 11.6. The number of carbonyl (C=O) groups is 1. The number of aliphatic carboxylic acids is 1. The van der Waals surface area contributed by atoms with Crippen molar-refractivity contribution >= 4 is 5.97 Å². The molecule has 1 saturated carbocycles. The van der Waals surface area contributed by atoms with Gasteiger partial charge in [-0.3, -0.25) is 4.79 Å². The van der Waals surface area contributed by atoms with Crippen LogP contribution in [0.3, 0.4) is 0 Å². The molecular formula is C15H20O3.